The molecule has 0 heterocycles. The number of ether oxygens (including phenoxy) is 1. The minimum atomic E-state index is -1.45. The zero-order valence-electron chi connectivity index (χ0n) is 13.7. The van der Waals surface area contributed by atoms with Crippen molar-refractivity contribution in [2.24, 2.45) is 0 Å². The van der Waals surface area contributed by atoms with Crippen molar-refractivity contribution in [3.63, 3.8) is 0 Å². The van der Waals surface area contributed by atoms with Crippen molar-refractivity contribution in [3.8, 4) is 0 Å². The van der Waals surface area contributed by atoms with Crippen LogP contribution in [0.2, 0.25) is 0 Å². The Bertz CT molecular complexity index is 599. The molecular weight excluding hydrogens is 321 g/mol. The molecule has 0 spiro atoms. The summed E-state index contributed by atoms with van der Waals surface area (Å²) in [6, 6.07) is 3.51. The molecule has 0 aliphatic rings. The third-order valence-corrected chi connectivity index (χ3v) is 2.98. The van der Waals surface area contributed by atoms with E-state index >= 15 is 0 Å². The van der Waals surface area contributed by atoms with Crippen molar-refractivity contribution in [3.05, 3.63) is 35.1 Å². The molecule has 0 aliphatic carbocycles. The number of carbonyl (C=O) groups is 2. The maximum Gasteiger partial charge on any atom is 0.407 e. The van der Waals surface area contributed by atoms with Gasteiger partial charge < -0.3 is 25.4 Å². The molecule has 0 aliphatic heterocycles. The molecular formula is C16H22FNO6. The average molecular weight is 343 g/mol. The number of aliphatic carboxylic acids is 1. The Hall–Kier alpha value is -2.19. The highest BCUT2D eigenvalue weighted by molar-refractivity contribution is 5.70. The van der Waals surface area contributed by atoms with Gasteiger partial charge in [-0.15, -0.1) is 0 Å². The number of rotatable bonds is 6. The fourth-order valence-electron chi connectivity index (χ4n) is 1.89. The first-order chi connectivity index (χ1) is 11.0. The predicted octanol–water partition coefficient (Wildman–Crippen LogP) is 1.37. The molecule has 0 saturated carbocycles. The van der Waals surface area contributed by atoms with E-state index in [0.717, 1.165) is 6.07 Å². The van der Waals surface area contributed by atoms with Crippen LogP contribution in [-0.4, -0.2) is 45.6 Å². The molecule has 24 heavy (non-hydrogen) atoms. The fourth-order valence-corrected chi connectivity index (χ4v) is 1.89. The number of nitrogens with one attached hydrogen (secondary N) is 1. The molecule has 1 aromatic carbocycles. The summed E-state index contributed by atoms with van der Waals surface area (Å²) in [5.41, 5.74) is -0.656. The van der Waals surface area contributed by atoms with Gasteiger partial charge >= 0.3 is 12.1 Å². The molecule has 0 saturated heterocycles. The number of carboxylic acid groups (broad SMARTS) is 1. The van der Waals surface area contributed by atoms with Crippen LogP contribution in [0.1, 0.15) is 38.0 Å². The van der Waals surface area contributed by atoms with E-state index in [1.807, 2.05) is 0 Å². The predicted molar refractivity (Wildman–Crippen MR) is 82.9 cm³/mol. The molecule has 0 radical (unpaired) electrons. The van der Waals surface area contributed by atoms with Crippen LogP contribution in [0.5, 0.6) is 0 Å². The lowest BCUT2D eigenvalue weighted by Gasteiger charge is -2.22. The smallest absolute Gasteiger partial charge is 0.407 e. The van der Waals surface area contributed by atoms with E-state index < -0.39 is 42.1 Å². The van der Waals surface area contributed by atoms with Crippen molar-refractivity contribution in [2.45, 2.75) is 45.0 Å². The monoisotopic (exact) mass is 343 g/mol. The quantitative estimate of drug-likeness (QED) is 0.620. The highest BCUT2D eigenvalue weighted by Crippen LogP contribution is 2.20. The number of hydrogen-bond acceptors (Lipinski definition) is 5. The first kappa shape index (κ1) is 19.9. The maximum atomic E-state index is 13.8. The van der Waals surface area contributed by atoms with Gasteiger partial charge in [0.15, 0.2) is 0 Å². The van der Waals surface area contributed by atoms with Crippen molar-refractivity contribution >= 4 is 12.1 Å². The summed E-state index contributed by atoms with van der Waals surface area (Å²) in [6.45, 7) is 4.74. The molecule has 1 amide bonds. The minimum absolute atomic E-state index is 0.0279. The lowest BCUT2D eigenvalue weighted by molar-refractivity contribution is -0.136. The number of aliphatic hydroxyl groups is 2. The van der Waals surface area contributed by atoms with Crippen molar-refractivity contribution in [2.75, 3.05) is 6.54 Å². The van der Waals surface area contributed by atoms with Gasteiger partial charge in [0.05, 0.1) is 6.42 Å². The summed E-state index contributed by atoms with van der Waals surface area (Å²) in [6.07, 6.45) is -4.07. The number of alkyl carbamates (subject to hydrolysis) is 1. The average Bonchev–Trinajstić information content (AvgIpc) is 2.44. The fraction of sp³-hybridized carbons (Fsp3) is 0.500. The van der Waals surface area contributed by atoms with Crippen molar-refractivity contribution in [1.82, 2.24) is 5.32 Å². The molecule has 8 heteroatoms. The maximum absolute atomic E-state index is 13.8. The van der Waals surface area contributed by atoms with Gasteiger partial charge in [-0.2, -0.15) is 0 Å². The highest BCUT2D eigenvalue weighted by atomic mass is 19.1. The van der Waals surface area contributed by atoms with Crippen LogP contribution in [0, 0.1) is 5.82 Å². The van der Waals surface area contributed by atoms with Crippen LogP contribution in [-0.2, 0) is 16.0 Å². The van der Waals surface area contributed by atoms with E-state index in [4.69, 9.17) is 9.84 Å². The van der Waals surface area contributed by atoms with Crippen LogP contribution in [0.4, 0.5) is 9.18 Å². The number of benzene rings is 1. The Morgan fingerprint density at radius 1 is 1.29 bits per heavy atom. The highest BCUT2D eigenvalue weighted by Gasteiger charge is 2.22. The van der Waals surface area contributed by atoms with Crippen molar-refractivity contribution in [1.29, 1.82) is 0 Å². The number of aliphatic hydroxyl groups excluding tert-OH is 2. The van der Waals surface area contributed by atoms with Gasteiger partial charge in [0.2, 0.25) is 0 Å². The first-order valence-corrected chi connectivity index (χ1v) is 7.32. The van der Waals surface area contributed by atoms with E-state index in [1.165, 1.54) is 12.1 Å². The summed E-state index contributed by atoms with van der Waals surface area (Å²) in [5.74, 6) is -1.97. The molecule has 4 N–H and O–H groups in total. The van der Waals surface area contributed by atoms with Gasteiger partial charge in [-0.05, 0) is 38.0 Å². The van der Waals surface area contributed by atoms with Gasteiger partial charge in [-0.1, -0.05) is 12.1 Å². The SMILES string of the molecule is CC(C)(C)OC(=O)NCC(O)C(O)c1ccc(CC(=O)O)c(F)c1. The summed E-state index contributed by atoms with van der Waals surface area (Å²) in [7, 11) is 0. The van der Waals surface area contributed by atoms with E-state index in [-0.39, 0.29) is 17.7 Å². The Labute approximate surface area is 139 Å². The van der Waals surface area contributed by atoms with E-state index in [1.54, 1.807) is 20.8 Å². The van der Waals surface area contributed by atoms with E-state index in [2.05, 4.69) is 5.32 Å². The van der Waals surface area contributed by atoms with Crippen LogP contribution in [0.25, 0.3) is 0 Å². The summed E-state index contributed by atoms with van der Waals surface area (Å²) in [5, 5.41) is 30.8. The molecule has 2 unspecified atom stereocenters. The van der Waals surface area contributed by atoms with Gasteiger partial charge in [-0.3, -0.25) is 4.79 Å². The van der Waals surface area contributed by atoms with Gasteiger partial charge in [0, 0.05) is 6.54 Å². The van der Waals surface area contributed by atoms with E-state index in [9.17, 15) is 24.2 Å². The summed E-state index contributed by atoms with van der Waals surface area (Å²) < 4.78 is 18.8. The number of amides is 1. The van der Waals surface area contributed by atoms with Crippen LogP contribution in [0.15, 0.2) is 18.2 Å². The topological polar surface area (TPSA) is 116 Å². The lowest BCUT2D eigenvalue weighted by atomic mass is 10.0. The third-order valence-electron chi connectivity index (χ3n) is 2.98. The zero-order valence-corrected chi connectivity index (χ0v) is 13.7. The first-order valence-electron chi connectivity index (χ1n) is 7.32. The van der Waals surface area contributed by atoms with Gasteiger partial charge in [0.1, 0.15) is 23.6 Å². The number of carbonyl (C=O) groups excluding carboxylic acids is 1. The Morgan fingerprint density at radius 2 is 1.92 bits per heavy atom. The van der Waals surface area contributed by atoms with Gasteiger partial charge in [0.25, 0.3) is 0 Å². The van der Waals surface area contributed by atoms with Gasteiger partial charge in [-0.25, -0.2) is 9.18 Å². The molecule has 1 aromatic rings. The summed E-state index contributed by atoms with van der Waals surface area (Å²) in [4.78, 5) is 22.1. The molecule has 0 bridgehead atoms. The number of halogens is 1. The second-order valence-corrected chi connectivity index (χ2v) is 6.32. The van der Waals surface area contributed by atoms with Crippen molar-refractivity contribution < 1.29 is 34.0 Å². The molecule has 134 valence electrons. The second kappa shape index (κ2) is 8.07. The Kier molecular flexibility index (Phi) is 6.68. The molecule has 7 nitrogen and oxygen atoms in total. The third kappa shape index (κ3) is 6.51. The number of hydrogen-bond donors (Lipinski definition) is 4. The number of carboxylic acids is 1. The minimum Gasteiger partial charge on any atom is -0.481 e. The lowest BCUT2D eigenvalue weighted by Crippen LogP contribution is -2.38. The van der Waals surface area contributed by atoms with Crippen LogP contribution >= 0.6 is 0 Å². The Balaban J connectivity index is 2.65. The molecule has 0 aromatic heterocycles. The second-order valence-electron chi connectivity index (χ2n) is 6.32. The normalized spacial score (nSPS) is 13.9. The zero-order chi connectivity index (χ0) is 18.5. The standard InChI is InChI=1S/C16H22FNO6/c1-16(2,3)24-15(23)18-8-12(19)14(22)10-5-4-9(7-13(20)21)11(17)6-10/h4-6,12,14,19,22H,7-8H2,1-3H3,(H,18,23)(H,20,21). The summed E-state index contributed by atoms with van der Waals surface area (Å²) >= 11 is 0. The molecule has 0 fully saturated rings. The van der Waals surface area contributed by atoms with Crippen LogP contribution in [0.3, 0.4) is 0 Å². The molecule has 1 rings (SSSR count). The molecule has 2 atom stereocenters. The van der Waals surface area contributed by atoms with Crippen LogP contribution < -0.4 is 5.32 Å². The van der Waals surface area contributed by atoms with E-state index in [0.29, 0.717) is 0 Å². The Morgan fingerprint density at radius 3 is 2.42 bits per heavy atom. The largest absolute Gasteiger partial charge is 0.481 e.